The minimum Gasteiger partial charge on any atom is -0.378 e. The van der Waals surface area contributed by atoms with Gasteiger partial charge in [0.1, 0.15) is 11.0 Å². The summed E-state index contributed by atoms with van der Waals surface area (Å²) in [6.07, 6.45) is 6.76. The van der Waals surface area contributed by atoms with Crippen LogP contribution in [-0.2, 0) is 13.1 Å². The van der Waals surface area contributed by atoms with Gasteiger partial charge < -0.3 is 5.32 Å². The van der Waals surface area contributed by atoms with Gasteiger partial charge in [0.25, 0.3) is 5.56 Å². The highest BCUT2D eigenvalue weighted by atomic mass is 79.9. The number of nitrogens with zero attached hydrogens (tertiary/aromatic N) is 2. The third kappa shape index (κ3) is 3.47. The molecule has 0 saturated carbocycles. The lowest BCUT2D eigenvalue weighted by Gasteiger charge is -2.08. The van der Waals surface area contributed by atoms with E-state index in [0.717, 1.165) is 9.35 Å². The van der Waals surface area contributed by atoms with Crippen molar-refractivity contribution in [2.24, 2.45) is 0 Å². The number of aromatic nitrogens is 2. The maximum atomic E-state index is 11.9. The molecule has 0 aliphatic carbocycles. The van der Waals surface area contributed by atoms with E-state index in [1.807, 2.05) is 11.4 Å². The van der Waals surface area contributed by atoms with Crippen LogP contribution >= 0.6 is 43.2 Å². The van der Waals surface area contributed by atoms with Crippen LogP contribution < -0.4 is 10.9 Å². The van der Waals surface area contributed by atoms with Crippen LogP contribution in [0.25, 0.3) is 0 Å². The Morgan fingerprint density at radius 1 is 1.53 bits per heavy atom. The second-order valence-electron chi connectivity index (χ2n) is 3.62. The first-order chi connectivity index (χ1) is 9.11. The van der Waals surface area contributed by atoms with Crippen molar-refractivity contribution >= 4 is 48.9 Å². The quantitative estimate of drug-likeness (QED) is 0.799. The number of thiophene rings is 1. The zero-order chi connectivity index (χ0) is 13.8. The van der Waals surface area contributed by atoms with Crippen molar-refractivity contribution in [2.45, 2.75) is 13.1 Å². The Labute approximate surface area is 131 Å². The second kappa shape index (κ2) is 6.37. The molecule has 98 valence electrons. The Balaban J connectivity index is 2.16. The first-order valence-corrected chi connectivity index (χ1v) is 7.74. The molecule has 0 fully saturated rings. The summed E-state index contributed by atoms with van der Waals surface area (Å²) in [4.78, 5) is 13.1. The first-order valence-electron chi connectivity index (χ1n) is 5.27. The molecule has 7 heteroatoms. The summed E-state index contributed by atoms with van der Waals surface area (Å²) in [5, 5.41) is 9.19. The Bertz CT molecular complexity index is 687. The van der Waals surface area contributed by atoms with Crippen molar-refractivity contribution in [3.63, 3.8) is 0 Å². The maximum Gasteiger partial charge on any atom is 0.284 e. The Morgan fingerprint density at radius 2 is 2.32 bits per heavy atom. The Hall–Kier alpha value is -1.10. The van der Waals surface area contributed by atoms with E-state index in [4.69, 9.17) is 6.42 Å². The van der Waals surface area contributed by atoms with E-state index in [0.29, 0.717) is 16.7 Å². The molecule has 19 heavy (non-hydrogen) atoms. The van der Waals surface area contributed by atoms with Gasteiger partial charge in [0, 0.05) is 21.3 Å². The van der Waals surface area contributed by atoms with E-state index in [-0.39, 0.29) is 12.1 Å². The Kier molecular flexibility index (Phi) is 4.80. The van der Waals surface area contributed by atoms with Crippen molar-refractivity contribution in [2.75, 3.05) is 5.32 Å². The molecule has 0 radical (unpaired) electrons. The predicted molar refractivity (Wildman–Crippen MR) is 84.4 cm³/mol. The van der Waals surface area contributed by atoms with E-state index >= 15 is 0 Å². The van der Waals surface area contributed by atoms with E-state index in [1.54, 1.807) is 17.5 Å². The molecule has 0 spiro atoms. The average Bonchev–Trinajstić information content (AvgIpc) is 2.80. The summed E-state index contributed by atoms with van der Waals surface area (Å²) in [6.45, 7) is 0.796. The van der Waals surface area contributed by atoms with Gasteiger partial charge in [0.15, 0.2) is 0 Å². The van der Waals surface area contributed by atoms with Crippen molar-refractivity contribution in [1.82, 2.24) is 9.78 Å². The van der Waals surface area contributed by atoms with Gasteiger partial charge in [-0.3, -0.25) is 4.79 Å². The zero-order valence-electron chi connectivity index (χ0n) is 9.69. The molecule has 0 aromatic carbocycles. The fraction of sp³-hybridized carbons (Fsp3) is 0.167. The fourth-order valence-electron chi connectivity index (χ4n) is 1.42. The molecule has 2 aromatic rings. The van der Waals surface area contributed by atoms with Gasteiger partial charge in [-0.2, -0.15) is 5.10 Å². The van der Waals surface area contributed by atoms with Crippen molar-refractivity contribution in [3.8, 4) is 12.3 Å². The monoisotopic (exact) mass is 401 g/mol. The number of halogens is 2. The van der Waals surface area contributed by atoms with Crippen LogP contribution in [0.15, 0.2) is 31.4 Å². The van der Waals surface area contributed by atoms with Crippen LogP contribution in [0, 0.1) is 12.3 Å². The number of anilines is 1. The molecule has 1 N–H and O–H groups in total. The van der Waals surface area contributed by atoms with Crippen molar-refractivity contribution < 1.29 is 0 Å². The molecule has 4 nitrogen and oxygen atoms in total. The van der Waals surface area contributed by atoms with E-state index in [1.165, 1.54) is 4.68 Å². The largest absolute Gasteiger partial charge is 0.378 e. The summed E-state index contributed by atoms with van der Waals surface area (Å²) >= 11 is 8.30. The van der Waals surface area contributed by atoms with Crippen molar-refractivity contribution in [3.05, 3.63) is 41.8 Å². The lowest BCUT2D eigenvalue weighted by Crippen LogP contribution is -2.24. The van der Waals surface area contributed by atoms with Crippen molar-refractivity contribution in [1.29, 1.82) is 0 Å². The number of terminal acetylenes is 1. The summed E-state index contributed by atoms with van der Waals surface area (Å²) in [5.41, 5.74) is 0.415. The molecule has 2 heterocycles. The summed E-state index contributed by atoms with van der Waals surface area (Å²) in [6, 6.07) is 2.03. The number of nitrogens with one attached hydrogen (secondary N) is 1. The zero-order valence-corrected chi connectivity index (χ0v) is 13.7. The van der Waals surface area contributed by atoms with Gasteiger partial charge >= 0.3 is 0 Å². The number of hydrogen-bond acceptors (Lipinski definition) is 4. The van der Waals surface area contributed by atoms with Gasteiger partial charge in [-0.25, -0.2) is 4.68 Å². The molecule has 0 aliphatic heterocycles. The third-order valence-electron chi connectivity index (χ3n) is 2.30. The maximum absolute atomic E-state index is 11.9. The van der Waals surface area contributed by atoms with Crippen LogP contribution in [0.4, 0.5) is 5.69 Å². The van der Waals surface area contributed by atoms with Gasteiger partial charge in [0.2, 0.25) is 0 Å². The van der Waals surface area contributed by atoms with Crippen LogP contribution in [0.5, 0.6) is 0 Å². The van der Waals surface area contributed by atoms with Gasteiger partial charge in [0.05, 0.1) is 11.9 Å². The smallest absolute Gasteiger partial charge is 0.284 e. The van der Waals surface area contributed by atoms with Crippen LogP contribution in [-0.4, -0.2) is 9.78 Å². The highest BCUT2D eigenvalue weighted by molar-refractivity contribution is 9.10. The normalized spacial score (nSPS) is 10.2. The molecular formula is C12H9Br2N3OS. The minimum atomic E-state index is -0.240. The topological polar surface area (TPSA) is 46.9 Å². The molecule has 0 aliphatic rings. The van der Waals surface area contributed by atoms with Gasteiger partial charge in [-0.15, -0.1) is 17.8 Å². The molecule has 0 bridgehead atoms. The number of hydrogen-bond donors (Lipinski definition) is 1. The third-order valence-corrected chi connectivity index (χ3v) is 4.76. The summed E-state index contributed by atoms with van der Waals surface area (Å²) in [7, 11) is 0. The van der Waals surface area contributed by atoms with E-state index in [2.05, 4.69) is 48.2 Å². The lowest BCUT2D eigenvalue weighted by atomic mass is 10.4. The predicted octanol–water partition coefficient (Wildman–Crippen LogP) is 3.08. The van der Waals surface area contributed by atoms with Crippen LogP contribution in [0.3, 0.4) is 0 Å². The average molecular weight is 403 g/mol. The van der Waals surface area contributed by atoms with E-state index < -0.39 is 0 Å². The Morgan fingerprint density at radius 3 is 2.95 bits per heavy atom. The molecular weight excluding hydrogens is 394 g/mol. The lowest BCUT2D eigenvalue weighted by molar-refractivity contribution is 0.659. The first kappa shape index (κ1) is 14.3. The van der Waals surface area contributed by atoms with Gasteiger partial charge in [-0.05, 0) is 37.9 Å². The second-order valence-corrected chi connectivity index (χ2v) is 6.33. The molecule has 0 saturated heterocycles. The highest BCUT2D eigenvalue weighted by Gasteiger charge is 2.08. The van der Waals surface area contributed by atoms with E-state index in [9.17, 15) is 4.79 Å². The van der Waals surface area contributed by atoms with Gasteiger partial charge in [-0.1, -0.05) is 5.92 Å². The minimum absolute atomic E-state index is 0.162. The van der Waals surface area contributed by atoms with Crippen LogP contribution in [0.2, 0.25) is 0 Å². The van der Waals surface area contributed by atoms with Crippen LogP contribution in [0.1, 0.15) is 4.88 Å². The SMILES string of the molecule is C#CCn1ncc(NCc2cc(Br)cs2)c(Br)c1=O. The summed E-state index contributed by atoms with van der Waals surface area (Å²) < 4.78 is 2.72. The molecule has 2 aromatic heterocycles. The fourth-order valence-corrected chi connectivity index (χ4v) is 3.25. The summed E-state index contributed by atoms with van der Waals surface area (Å²) in [5.74, 6) is 2.39. The molecule has 0 atom stereocenters. The molecule has 2 rings (SSSR count). The number of rotatable bonds is 4. The highest BCUT2D eigenvalue weighted by Crippen LogP contribution is 2.22. The molecule has 0 amide bonds. The molecule has 0 unspecified atom stereocenters. The standard InChI is InChI=1S/C12H9Br2N3OS/c1-2-3-17-12(18)11(14)10(6-16-17)15-5-9-4-8(13)7-19-9/h1,4,6-7,15H,3,5H2.